The van der Waals surface area contributed by atoms with E-state index >= 15 is 0 Å². The zero-order chi connectivity index (χ0) is 16.9. The Morgan fingerprint density at radius 3 is 2.57 bits per heavy atom. The van der Waals surface area contributed by atoms with E-state index in [0.717, 1.165) is 24.2 Å². The summed E-state index contributed by atoms with van der Waals surface area (Å²) in [6.07, 6.45) is 5.02. The fraction of sp³-hybridized carbons (Fsp3) is 0.500. The van der Waals surface area contributed by atoms with Crippen molar-refractivity contribution in [3.63, 3.8) is 0 Å². The van der Waals surface area contributed by atoms with Crippen molar-refractivity contribution in [2.24, 2.45) is 0 Å². The van der Waals surface area contributed by atoms with Gasteiger partial charge in [-0.3, -0.25) is 4.79 Å². The molecule has 23 heavy (non-hydrogen) atoms. The van der Waals surface area contributed by atoms with Gasteiger partial charge in [-0.1, -0.05) is 19.1 Å². The summed E-state index contributed by atoms with van der Waals surface area (Å²) in [6, 6.07) is 7.61. The number of hydrogen-bond acceptors (Lipinski definition) is 4. The number of hydrogen-bond donors (Lipinski definition) is 1. The third-order valence-corrected chi connectivity index (χ3v) is 3.23. The molecule has 1 aromatic carbocycles. The second-order valence-corrected chi connectivity index (χ2v) is 5.15. The number of methoxy groups -OCH3 is 1. The molecule has 0 aliphatic rings. The largest absolute Gasteiger partial charge is 0.494 e. The van der Waals surface area contributed by atoms with E-state index in [1.807, 2.05) is 24.3 Å². The zero-order valence-corrected chi connectivity index (χ0v) is 14.0. The molecule has 0 saturated heterocycles. The predicted molar refractivity (Wildman–Crippen MR) is 91.4 cm³/mol. The normalized spacial score (nSPS) is 10.9. The summed E-state index contributed by atoms with van der Waals surface area (Å²) in [4.78, 5) is 13.8. The molecule has 0 spiro atoms. The maximum atomic E-state index is 12.2. The van der Waals surface area contributed by atoms with Crippen LogP contribution in [-0.4, -0.2) is 55.9 Å². The van der Waals surface area contributed by atoms with Crippen LogP contribution in [0.5, 0.6) is 5.75 Å². The van der Waals surface area contributed by atoms with Gasteiger partial charge in [0.15, 0.2) is 0 Å². The van der Waals surface area contributed by atoms with E-state index in [2.05, 4.69) is 6.92 Å². The molecule has 0 aliphatic heterocycles. The van der Waals surface area contributed by atoms with Crippen LogP contribution in [0.15, 0.2) is 30.3 Å². The molecule has 0 atom stereocenters. The molecule has 0 saturated carbocycles. The third kappa shape index (κ3) is 7.81. The van der Waals surface area contributed by atoms with Gasteiger partial charge in [-0.2, -0.15) is 0 Å². The number of aliphatic hydroxyl groups is 1. The summed E-state index contributed by atoms with van der Waals surface area (Å²) >= 11 is 0. The highest BCUT2D eigenvalue weighted by Gasteiger charge is 2.09. The quantitative estimate of drug-likeness (QED) is 0.502. The van der Waals surface area contributed by atoms with Crippen LogP contribution in [0.4, 0.5) is 0 Å². The summed E-state index contributed by atoms with van der Waals surface area (Å²) in [5.74, 6) is 0.721. The molecule has 5 nitrogen and oxygen atoms in total. The standard InChI is InChI=1S/C18H27NO4/c1-3-14-23-17-8-5-16(6-9-17)7-10-18(21)19(12-13-20)11-4-15-22-2/h5-10,20H,3-4,11-15H2,1-2H3/b10-7+. The van der Waals surface area contributed by atoms with Gasteiger partial charge in [0.2, 0.25) is 5.91 Å². The second kappa shape index (κ2) is 11.7. The summed E-state index contributed by atoms with van der Waals surface area (Å²) < 4.78 is 10.5. The number of carbonyl (C=O) groups excluding carboxylic acids is 1. The van der Waals surface area contributed by atoms with Gasteiger partial charge in [-0.05, 0) is 36.6 Å². The molecule has 0 aromatic heterocycles. The summed E-state index contributed by atoms with van der Waals surface area (Å²) in [5, 5.41) is 9.07. The van der Waals surface area contributed by atoms with E-state index in [4.69, 9.17) is 14.6 Å². The molecule has 1 amide bonds. The van der Waals surface area contributed by atoms with Crippen molar-refractivity contribution in [2.75, 3.05) is 40.0 Å². The zero-order valence-electron chi connectivity index (χ0n) is 14.0. The summed E-state index contributed by atoms with van der Waals surface area (Å²) in [6.45, 7) is 4.21. The fourth-order valence-electron chi connectivity index (χ4n) is 2.02. The number of aliphatic hydroxyl groups excluding tert-OH is 1. The van der Waals surface area contributed by atoms with Gasteiger partial charge in [0.1, 0.15) is 5.75 Å². The lowest BCUT2D eigenvalue weighted by atomic mass is 10.2. The number of ether oxygens (including phenoxy) is 2. The van der Waals surface area contributed by atoms with Gasteiger partial charge in [-0.25, -0.2) is 0 Å². The molecule has 0 bridgehead atoms. The van der Waals surface area contributed by atoms with Crippen LogP contribution in [0, 0.1) is 0 Å². The van der Waals surface area contributed by atoms with Crippen molar-refractivity contribution in [1.29, 1.82) is 0 Å². The van der Waals surface area contributed by atoms with Gasteiger partial charge >= 0.3 is 0 Å². The topological polar surface area (TPSA) is 59.0 Å². The van der Waals surface area contributed by atoms with Crippen LogP contribution in [-0.2, 0) is 9.53 Å². The van der Waals surface area contributed by atoms with Crippen molar-refractivity contribution < 1.29 is 19.4 Å². The lowest BCUT2D eigenvalue weighted by Crippen LogP contribution is -2.33. The average molecular weight is 321 g/mol. The SMILES string of the molecule is CCCOc1ccc(/C=C/C(=O)N(CCO)CCCOC)cc1. The molecule has 1 rings (SSSR count). The van der Waals surface area contributed by atoms with Crippen LogP contribution in [0.2, 0.25) is 0 Å². The second-order valence-electron chi connectivity index (χ2n) is 5.15. The third-order valence-electron chi connectivity index (χ3n) is 3.23. The van der Waals surface area contributed by atoms with Gasteiger partial charge in [0.25, 0.3) is 0 Å². The molecule has 1 N–H and O–H groups in total. The molecule has 0 aliphatic carbocycles. The first-order valence-corrected chi connectivity index (χ1v) is 8.01. The monoisotopic (exact) mass is 321 g/mol. The Morgan fingerprint density at radius 2 is 1.96 bits per heavy atom. The Kier molecular flexibility index (Phi) is 9.75. The molecular weight excluding hydrogens is 294 g/mol. The number of rotatable bonds is 11. The number of nitrogens with zero attached hydrogens (tertiary/aromatic N) is 1. The van der Waals surface area contributed by atoms with Crippen LogP contribution in [0.25, 0.3) is 6.08 Å². The van der Waals surface area contributed by atoms with Crippen LogP contribution >= 0.6 is 0 Å². The predicted octanol–water partition coefficient (Wildman–Crippen LogP) is 2.35. The highest BCUT2D eigenvalue weighted by Crippen LogP contribution is 2.13. The smallest absolute Gasteiger partial charge is 0.246 e. The minimum Gasteiger partial charge on any atom is -0.494 e. The highest BCUT2D eigenvalue weighted by atomic mass is 16.5. The Labute approximate surface area is 138 Å². The van der Waals surface area contributed by atoms with E-state index in [1.54, 1.807) is 18.1 Å². The molecule has 1 aromatic rings. The lowest BCUT2D eigenvalue weighted by molar-refractivity contribution is -0.126. The summed E-state index contributed by atoms with van der Waals surface area (Å²) in [7, 11) is 1.63. The van der Waals surface area contributed by atoms with E-state index in [9.17, 15) is 4.79 Å². The van der Waals surface area contributed by atoms with E-state index in [1.165, 1.54) is 6.08 Å². The Bertz CT molecular complexity index is 470. The summed E-state index contributed by atoms with van der Waals surface area (Å²) in [5.41, 5.74) is 0.933. The van der Waals surface area contributed by atoms with Gasteiger partial charge in [0.05, 0.1) is 13.2 Å². The van der Waals surface area contributed by atoms with E-state index in [-0.39, 0.29) is 12.5 Å². The van der Waals surface area contributed by atoms with Crippen molar-refractivity contribution in [1.82, 2.24) is 4.90 Å². The number of amides is 1. The average Bonchev–Trinajstić information content (AvgIpc) is 2.58. The number of carbonyl (C=O) groups is 1. The van der Waals surface area contributed by atoms with Crippen molar-refractivity contribution in [3.05, 3.63) is 35.9 Å². The highest BCUT2D eigenvalue weighted by molar-refractivity contribution is 5.91. The molecule has 128 valence electrons. The Balaban J connectivity index is 2.56. The van der Waals surface area contributed by atoms with Crippen molar-refractivity contribution in [2.45, 2.75) is 19.8 Å². The first kappa shape index (κ1) is 19.2. The molecular formula is C18H27NO4. The van der Waals surface area contributed by atoms with Crippen LogP contribution in [0.1, 0.15) is 25.3 Å². The van der Waals surface area contributed by atoms with Crippen LogP contribution < -0.4 is 4.74 Å². The van der Waals surface area contributed by atoms with Crippen molar-refractivity contribution in [3.8, 4) is 5.75 Å². The van der Waals surface area contributed by atoms with Gasteiger partial charge in [-0.15, -0.1) is 0 Å². The Hall–Kier alpha value is -1.85. The Morgan fingerprint density at radius 1 is 1.22 bits per heavy atom. The first-order chi connectivity index (χ1) is 11.2. The van der Waals surface area contributed by atoms with Gasteiger partial charge < -0.3 is 19.5 Å². The van der Waals surface area contributed by atoms with Crippen LogP contribution in [0.3, 0.4) is 0 Å². The first-order valence-electron chi connectivity index (χ1n) is 8.01. The van der Waals surface area contributed by atoms with Crippen molar-refractivity contribution >= 4 is 12.0 Å². The molecule has 5 heteroatoms. The molecule has 0 fully saturated rings. The minimum atomic E-state index is -0.110. The maximum absolute atomic E-state index is 12.2. The van der Waals surface area contributed by atoms with E-state index < -0.39 is 0 Å². The maximum Gasteiger partial charge on any atom is 0.246 e. The van der Waals surface area contributed by atoms with E-state index in [0.29, 0.717) is 26.3 Å². The lowest BCUT2D eigenvalue weighted by Gasteiger charge is -2.19. The number of benzene rings is 1. The van der Waals surface area contributed by atoms with Gasteiger partial charge in [0, 0.05) is 32.9 Å². The molecule has 0 unspecified atom stereocenters. The molecule has 0 radical (unpaired) electrons. The molecule has 0 heterocycles. The minimum absolute atomic E-state index is 0.0456. The fourth-order valence-corrected chi connectivity index (χ4v) is 2.02.